The summed E-state index contributed by atoms with van der Waals surface area (Å²) in [5.74, 6) is 0. The molecule has 0 amide bonds. The molecule has 0 N–H and O–H groups in total. The topological polar surface area (TPSA) is 99.4 Å². The second-order valence-electron chi connectivity index (χ2n) is 6.44. The molecule has 6 nitrogen and oxygen atoms in total. The molecule has 1 fully saturated rings. The molecular formula is C20H25ClN2O4. The van der Waals surface area contributed by atoms with Crippen molar-refractivity contribution in [2.45, 2.75) is 25.7 Å². The Morgan fingerprint density at radius 1 is 0.852 bits per heavy atom. The summed E-state index contributed by atoms with van der Waals surface area (Å²) in [4.78, 5) is 2.53. The first-order chi connectivity index (χ1) is 12.8. The number of anilines is 1. The smallest absolute Gasteiger partial charge is 0.204 e. The SMILES string of the molecule is C[n+]1ccccc1/C=C/c1ccc(N2CCCCCC2)cc1.[O-][Cl+3]([O-])([O-])[O-]. The third-order valence-corrected chi connectivity index (χ3v) is 4.41. The maximum Gasteiger partial charge on any atom is 0.204 e. The van der Waals surface area contributed by atoms with E-state index >= 15 is 0 Å². The summed E-state index contributed by atoms with van der Waals surface area (Å²) in [7, 11) is -2.87. The predicted octanol–water partition coefficient (Wildman–Crippen LogP) is -0.694. The fourth-order valence-corrected chi connectivity index (χ4v) is 3.02. The van der Waals surface area contributed by atoms with E-state index in [9.17, 15) is 0 Å². The summed E-state index contributed by atoms with van der Waals surface area (Å²) in [6.07, 6.45) is 11.8. The van der Waals surface area contributed by atoms with Crippen LogP contribution in [-0.4, -0.2) is 13.1 Å². The van der Waals surface area contributed by atoms with Crippen LogP contribution in [0, 0.1) is 10.2 Å². The normalized spacial score (nSPS) is 15.2. The van der Waals surface area contributed by atoms with E-state index in [1.165, 1.54) is 55.7 Å². The Hall–Kier alpha value is -1.96. The molecule has 146 valence electrons. The molecule has 0 spiro atoms. The predicted molar refractivity (Wildman–Crippen MR) is 93.7 cm³/mol. The molecule has 1 aromatic carbocycles. The van der Waals surface area contributed by atoms with Gasteiger partial charge in [0.25, 0.3) is 0 Å². The van der Waals surface area contributed by atoms with E-state index in [0.29, 0.717) is 0 Å². The van der Waals surface area contributed by atoms with E-state index in [1.54, 1.807) is 0 Å². The molecule has 0 aliphatic carbocycles. The largest absolute Gasteiger partial charge is 0.372 e. The number of rotatable bonds is 3. The van der Waals surface area contributed by atoms with Gasteiger partial charge in [-0.3, -0.25) is 0 Å². The summed E-state index contributed by atoms with van der Waals surface area (Å²) >= 11 is 0. The molecule has 0 bridgehead atoms. The number of pyridine rings is 1. The zero-order valence-corrected chi connectivity index (χ0v) is 16.2. The van der Waals surface area contributed by atoms with Crippen LogP contribution in [0.15, 0.2) is 48.7 Å². The molecule has 0 radical (unpaired) electrons. The van der Waals surface area contributed by atoms with E-state index in [1.807, 2.05) is 6.07 Å². The monoisotopic (exact) mass is 392 g/mol. The number of benzene rings is 1. The van der Waals surface area contributed by atoms with E-state index in [0.717, 1.165) is 0 Å². The highest BCUT2D eigenvalue weighted by Gasteiger charge is 2.09. The van der Waals surface area contributed by atoms with Gasteiger partial charge in [-0.05, 0) is 42.7 Å². The van der Waals surface area contributed by atoms with Crippen LogP contribution >= 0.6 is 0 Å². The van der Waals surface area contributed by atoms with Crippen molar-refractivity contribution in [3.8, 4) is 0 Å². The van der Waals surface area contributed by atoms with Gasteiger partial charge in [0.05, 0.1) is 0 Å². The number of nitrogens with zero attached hydrogens (tertiary/aromatic N) is 2. The van der Waals surface area contributed by atoms with Crippen LogP contribution in [0.4, 0.5) is 5.69 Å². The first-order valence-corrected chi connectivity index (χ1v) is 10.2. The minimum atomic E-state index is -4.94. The van der Waals surface area contributed by atoms with Gasteiger partial charge in [0.2, 0.25) is 5.69 Å². The van der Waals surface area contributed by atoms with Crippen molar-refractivity contribution < 1.29 is 33.4 Å². The fraction of sp³-hybridized carbons (Fsp3) is 0.350. The molecule has 0 unspecified atom stereocenters. The van der Waals surface area contributed by atoms with Gasteiger partial charge >= 0.3 is 0 Å². The van der Waals surface area contributed by atoms with Crippen molar-refractivity contribution >= 4 is 17.8 Å². The first kappa shape index (κ1) is 21.3. The zero-order valence-electron chi connectivity index (χ0n) is 15.4. The lowest BCUT2D eigenvalue weighted by Crippen LogP contribution is -2.68. The Morgan fingerprint density at radius 3 is 2.00 bits per heavy atom. The minimum Gasteiger partial charge on any atom is -0.372 e. The van der Waals surface area contributed by atoms with Crippen LogP contribution in [0.3, 0.4) is 0 Å². The quantitative estimate of drug-likeness (QED) is 0.643. The number of aromatic nitrogens is 1. The van der Waals surface area contributed by atoms with Crippen molar-refractivity contribution in [2.75, 3.05) is 18.0 Å². The summed E-state index contributed by atoms with van der Waals surface area (Å²) in [5.41, 5.74) is 3.82. The van der Waals surface area contributed by atoms with Gasteiger partial charge < -0.3 is 4.90 Å². The summed E-state index contributed by atoms with van der Waals surface area (Å²) in [5, 5.41) is 0. The molecule has 27 heavy (non-hydrogen) atoms. The van der Waals surface area contributed by atoms with Crippen LogP contribution in [-0.2, 0) is 7.05 Å². The minimum absolute atomic E-state index is 1.20. The van der Waals surface area contributed by atoms with Crippen LogP contribution in [0.1, 0.15) is 36.9 Å². The van der Waals surface area contributed by atoms with Gasteiger partial charge in [-0.2, -0.15) is 0 Å². The average Bonchev–Trinajstić information content (AvgIpc) is 2.89. The van der Waals surface area contributed by atoms with Crippen LogP contribution < -0.4 is 28.1 Å². The second kappa shape index (κ2) is 10.4. The molecule has 1 aliphatic heterocycles. The molecular weight excluding hydrogens is 368 g/mol. The lowest BCUT2D eigenvalue weighted by Gasteiger charge is -2.22. The molecule has 7 heteroatoms. The highest BCUT2D eigenvalue weighted by Crippen LogP contribution is 2.20. The number of halogens is 1. The van der Waals surface area contributed by atoms with Crippen molar-refractivity contribution in [1.29, 1.82) is 0 Å². The summed E-state index contributed by atoms with van der Waals surface area (Å²) < 4.78 is 36.1. The third kappa shape index (κ3) is 8.51. The Bertz CT molecular complexity index is 716. The van der Waals surface area contributed by atoms with Crippen molar-refractivity contribution in [2.24, 2.45) is 7.05 Å². The Morgan fingerprint density at radius 2 is 1.44 bits per heavy atom. The molecule has 1 saturated heterocycles. The maximum atomic E-state index is 8.49. The van der Waals surface area contributed by atoms with Crippen LogP contribution in [0.25, 0.3) is 12.2 Å². The van der Waals surface area contributed by atoms with Crippen molar-refractivity contribution in [3.63, 3.8) is 0 Å². The highest BCUT2D eigenvalue weighted by atomic mass is 35.7. The van der Waals surface area contributed by atoms with E-state index in [4.69, 9.17) is 18.6 Å². The Labute approximate surface area is 162 Å². The van der Waals surface area contributed by atoms with Gasteiger partial charge in [-0.15, -0.1) is 10.2 Å². The summed E-state index contributed by atoms with van der Waals surface area (Å²) in [6, 6.07) is 15.2. The molecule has 0 saturated carbocycles. The Kier molecular flexibility index (Phi) is 8.22. The third-order valence-electron chi connectivity index (χ3n) is 4.41. The molecule has 2 heterocycles. The molecule has 1 aromatic heterocycles. The molecule has 2 aromatic rings. The van der Waals surface area contributed by atoms with Gasteiger partial charge in [-0.25, -0.2) is 23.2 Å². The Balaban J connectivity index is 0.000000465. The number of aryl methyl sites for hydroxylation is 1. The van der Waals surface area contributed by atoms with Gasteiger partial charge in [0.15, 0.2) is 6.20 Å². The molecule has 3 rings (SSSR count). The first-order valence-electron chi connectivity index (χ1n) is 8.92. The van der Waals surface area contributed by atoms with E-state index in [2.05, 4.69) is 71.3 Å². The lowest BCUT2D eigenvalue weighted by atomic mass is 10.1. The second-order valence-corrected chi connectivity index (χ2v) is 7.20. The van der Waals surface area contributed by atoms with Crippen LogP contribution in [0.2, 0.25) is 0 Å². The molecule has 1 aliphatic rings. The lowest BCUT2D eigenvalue weighted by molar-refractivity contribution is -2.00. The highest BCUT2D eigenvalue weighted by molar-refractivity contribution is 5.68. The zero-order chi connectivity index (χ0) is 19.7. The van der Waals surface area contributed by atoms with Gasteiger partial charge in [0, 0.05) is 37.0 Å². The van der Waals surface area contributed by atoms with Crippen LogP contribution in [0.5, 0.6) is 0 Å². The van der Waals surface area contributed by atoms with Crippen molar-refractivity contribution in [1.82, 2.24) is 0 Å². The van der Waals surface area contributed by atoms with E-state index < -0.39 is 10.2 Å². The average molecular weight is 393 g/mol. The number of hydrogen-bond donors (Lipinski definition) is 0. The van der Waals surface area contributed by atoms with Crippen molar-refractivity contribution in [3.05, 3.63) is 59.9 Å². The van der Waals surface area contributed by atoms with Gasteiger partial charge in [-0.1, -0.05) is 25.0 Å². The molecule has 0 atom stereocenters. The summed E-state index contributed by atoms with van der Waals surface area (Å²) in [6.45, 7) is 2.41. The van der Waals surface area contributed by atoms with Gasteiger partial charge in [0.1, 0.15) is 7.05 Å². The number of hydrogen-bond acceptors (Lipinski definition) is 5. The van der Waals surface area contributed by atoms with E-state index in [-0.39, 0.29) is 0 Å². The maximum absolute atomic E-state index is 8.49. The standard InChI is InChI=1S/C20H25N2.ClHO4/c1-21-15-7-4-8-19(21)12-9-18-10-13-20(14-11-18)22-16-5-2-3-6-17-22;2-1(3,4)5/h4,7-15H,2-3,5-6,16-17H2,1H3;(H,2,3,4,5)/q+1;/p-1. The fourth-order valence-electron chi connectivity index (χ4n) is 3.02.